The van der Waals surface area contributed by atoms with Gasteiger partial charge in [-0.15, -0.1) is 0 Å². The van der Waals surface area contributed by atoms with Crippen molar-refractivity contribution in [3.05, 3.63) is 34.3 Å². The molecule has 0 unspecified atom stereocenters. The molecule has 1 nitrogen and oxygen atoms in total. The van der Waals surface area contributed by atoms with Crippen molar-refractivity contribution in [2.45, 2.75) is 31.0 Å². The summed E-state index contributed by atoms with van der Waals surface area (Å²) in [4.78, 5) is 0. The van der Waals surface area contributed by atoms with E-state index in [0.29, 0.717) is 12.8 Å². The molecule has 0 atom stereocenters. The predicted octanol–water partition coefficient (Wildman–Crippen LogP) is 3.70. The van der Waals surface area contributed by atoms with Gasteiger partial charge in [-0.3, -0.25) is 0 Å². The van der Waals surface area contributed by atoms with Crippen molar-refractivity contribution in [1.29, 1.82) is 0 Å². The molecule has 0 aromatic heterocycles. The van der Waals surface area contributed by atoms with Crippen LogP contribution in [0.4, 0.5) is 13.2 Å². The van der Waals surface area contributed by atoms with E-state index in [1.54, 1.807) is 0 Å². The Balaban J connectivity index is 2.58. The summed E-state index contributed by atoms with van der Waals surface area (Å²) in [5, 5.41) is 0.108. The molecule has 16 heavy (non-hydrogen) atoms. The zero-order valence-corrected chi connectivity index (χ0v) is 9.20. The van der Waals surface area contributed by atoms with Gasteiger partial charge in [-0.1, -0.05) is 17.7 Å². The third-order valence-corrected chi connectivity index (χ3v) is 3.38. The molecule has 0 radical (unpaired) electrons. The average Bonchev–Trinajstić information content (AvgIpc) is 2.12. The summed E-state index contributed by atoms with van der Waals surface area (Å²) >= 11 is 5.85. The Labute approximate surface area is 96.4 Å². The molecule has 1 fully saturated rings. The van der Waals surface area contributed by atoms with Crippen LogP contribution >= 0.6 is 11.6 Å². The molecule has 1 aromatic carbocycles. The van der Waals surface area contributed by atoms with Crippen molar-refractivity contribution in [3.8, 4) is 0 Å². The molecule has 1 aromatic rings. The molecule has 1 saturated carbocycles. The highest BCUT2D eigenvalue weighted by Crippen LogP contribution is 2.47. The molecule has 0 spiro atoms. The molecule has 0 saturated heterocycles. The standard InChI is InChI=1S/C11H11ClF3N/c12-8-4-1-3-7(11(13,14)15)9(8)10(16)5-2-6-10/h1,3-4H,2,5-6,16H2. The zero-order valence-electron chi connectivity index (χ0n) is 8.44. The maximum absolute atomic E-state index is 12.8. The van der Waals surface area contributed by atoms with E-state index in [9.17, 15) is 13.2 Å². The Bertz CT molecular complexity index is 410. The molecule has 0 aliphatic heterocycles. The minimum atomic E-state index is -4.40. The van der Waals surface area contributed by atoms with Crippen LogP contribution < -0.4 is 5.73 Å². The molecule has 0 heterocycles. The highest BCUT2D eigenvalue weighted by atomic mass is 35.5. The lowest BCUT2D eigenvalue weighted by molar-refractivity contribution is -0.139. The van der Waals surface area contributed by atoms with Gasteiger partial charge in [-0.25, -0.2) is 0 Å². The van der Waals surface area contributed by atoms with Crippen LogP contribution in [-0.2, 0) is 11.7 Å². The van der Waals surface area contributed by atoms with Crippen molar-refractivity contribution in [2.24, 2.45) is 5.73 Å². The van der Waals surface area contributed by atoms with E-state index >= 15 is 0 Å². The first-order valence-electron chi connectivity index (χ1n) is 5.00. The molecule has 2 N–H and O–H groups in total. The lowest BCUT2D eigenvalue weighted by Gasteiger charge is -2.40. The SMILES string of the molecule is NC1(c2c(Cl)cccc2C(F)(F)F)CCC1. The van der Waals surface area contributed by atoms with Crippen LogP contribution in [0.25, 0.3) is 0 Å². The van der Waals surface area contributed by atoms with E-state index in [4.69, 9.17) is 17.3 Å². The molecule has 1 aliphatic carbocycles. The number of alkyl halides is 3. The van der Waals surface area contributed by atoms with Crippen LogP contribution in [-0.4, -0.2) is 0 Å². The zero-order chi connectivity index (χ0) is 12.0. The maximum Gasteiger partial charge on any atom is 0.416 e. The summed E-state index contributed by atoms with van der Waals surface area (Å²) in [7, 11) is 0. The maximum atomic E-state index is 12.8. The summed E-state index contributed by atoms with van der Waals surface area (Å²) < 4.78 is 38.4. The fourth-order valence-corrected chi connectivity index (χ4v) is 2.44. The van der Waals surface area contributed by atoms with Crippen LogP contribution in [0.1, 0.15) is 30.4 Å². The Kier molecular flexibility index (Phi) is 2.67. The van der Waals surface area contributed by atoms with Crippen LogP contribution in [0.5, 0.6) is 0 Å². The van der Waals surface area contributed by atoms with Crippen LogP contribution in [0.2, 0.25) is 5.02 Å². The predicted molar refractivity (Wildman–Crippen MR) is 56.2 cm³/mol. The van der Waals surface area contributed by atoms with Gasteiger partial charge in [0.05, 0.1) is 5.56 Å². The largest absolute Gasteiger partial charge is 0.416 e. The summed E-state index contributed by atoms with van der Waals surface area (Å²) in [6.07, 6.45) is -2.44. The molecule has 88 valence electrons. The van der Waals surface area contributed by atoms with Gasteiger partial charge >= 0.3 is 6.18 Å². The molecule has 2 rings (SSSR count). The second-order valence-corrected chi connectivity index (χ2v) is 4.58. The van der Waals surface area contributed by atoms with Crippen molar-refractivity contribution in [1.82, 2.24) is 0 Å². The lowest BCUT2D eigenvalue weighted by Crippen LogP contribution is -2.45. The second-order valence-electron chi connectivity index (χ2n) is 4.17. The van der Waals surface area contributed by atoms with Gasteiger partial charge in [0, 0.05) is 16.1 Å². The topological polar surface area (TPSA) is 26.0 Å². The van der Waals surface area contributed by atoms with Crippen molar-refractivity contribution in [3.63, 3.8) is 0 Å². The van der Waals surface area contributed by atoms with E-state index in [0.717, 1.165) is 12.5 Å². The number of rotatable bonds is 1. The third-order valence-electron chi connectivity index (χ3n) is 3.06. The van der Waals surface area contributed by atoms with Gasteiger partial charge in [-0.05, 0) is 31.4 Å². The minimum absolute atomic E-state index is 0.0513. The van der Waals surface area contributed by atoms with Crippen LogP contribution in [0.15, 0.2) is 18.2 Å². The molecule has 1 aliphatic rings. The molecule has 0 amide bonds. The highest BCUT2D eigenvalue weighted by Gasteiger charge is 2.44. The van der Waals surface area contributed by atoms with E-state index < -0.39 is 17.3 Å². The fraction of sp³-hybridized carbons (Fsp3) is 0.455. The quantitative estimate of drug-likeness (QED) is 0.807. The van der Waals surface area contributed by atoms with Gasteiger partial charge in [0.2, 0.25) is 0 Å². The van der Waals surface area contributed by atoms with Crippen LogP contribution in [0.3, 0.4) is 0 Å². The Morgan fingerprint density at radius 3 is 2.31 bits per heavy atom. The summed E-state index contributed by atoms with van der Waals surface area (Å²) in [5.41, 5.74) is 4.38. The summed E-state index contributed by atoms with van der Waals surface area (Å²) in [6.45, 7) is 0. The van der Waals surface area contributed by atoms with Crippen LogP contribution in [0, 0.1) is 0 Å². The first-order chi connectivity index (χ1) is 7.34. The molecule has 0 bridgehead atoms. The highest BCUT2D eigenvalue weighted by molar-refractivity contribution is 6.31. The number of nitrogens with two attached hydrogens (primary N) is 1. The van der Waals surface area contributed by atoms with E-state index in [2.05, 4.69) is 0 Å². The van der Waals surface area contributed by atoms with Gasteiger partial charge in [0.15, 0.2) is 0 Å². The fourth-order valence-electron chi connectivity index (χ4n) is 2.07. The first-order valence-corrected chi connectivity index (χ1v) is 5.37. The lowest BCUT2D eigenvalue weighted by atomic mass is 9.71. The van der Waals surface area contributed by atoms with E-state index in [1.807, 2.05) is 0 Å². The van der Waals surface area contributed by atoms with Gasteiger partial charge in [-0.2, -0.15) is 13.2 Å². The van der Waals surface area contributed by atoms with Gasteiger partial charge in [0.1, 0.15) is 0 Å². The average molecular weight is 250 g/mol. The van der Waals surface area contributed by atoms with E-state index in [-0.39, 0.29) is 10.6 Å². The molecular formula is C11H11ClF3N. The Morgan fingerprint density at radius 1 is 1.25 bits per heavy atom. The second kappa shape index (κ2) is 3.64. The summed E-state index contributed by atoms with van der Waals surface area (Å²) in [5.74, 6) is 0. The van der Waals surface area contributed by atoms with E-state index in [1.165, 1.54) is 12.1 Å². The smallest absolute Gasteiger partial charge is 0.321 e. The third kappa shape index (κ3) is 1.80. The van der Waals surface area contributed by atoms with Gasteiger partial charge < -0.3 is 5.73 Å². The number of halogens is 4. The summed E-state index contributed by atoms with van der Waals surface area (Å²) in [6, 6.07) is 3.80. The van der Waals surface area contributed by atoms with Crippen molar-refractivity contribution in [2.75, 3.05) is 0 Å². The van der Waals surface area contributed by atoms with Crippen molar-refractivity contribution >= 4 is 11.6 Å². The molecule has 5 heteroatoms. The minimum Gasteiger partial charge on any atom is -0.321 e. The Hall–Kier alpha value is -0.740. The number of benzene rings is 1. The number of hydrogen-bond donors (Lipinski definition) is 1. The monoisotopic (exact) mass is 249 g/mol. The number of hydrogen-bond acceptors (Lipinski definition) is 1. The Morgan fingerprint density at radius 2 is 1.88 bits per heavy atom. The first kappa shape index (κ1) is 11.7. The van der Waals surface area contributed by atoms with Gasteiger partial charge in [0.25, 0.3) is 0 Å². The molecular weight excluding hydrogens is 239 g/mol. The normalized spacial score (nSPS) is 19.3. The van der Waals surface area contributed by atoms with Crippen molar-refractivity contribution < 1.29 is 13.2 Å².